The van der Waals surface area contributed by atoms with Crippen molar-refractivity contribution in [2.45, 2.75) is 0 Å². The van der Waals surface area contributed by atoms with E-state index in [-0.39, 0.29) is 38.0 Å². The van der Waals surface area contributed by atoms with E-state index in [0.29, 0.717) is 10.6 Å². The Kier molecular flexibility index (Phi) is 7.46. The molecule has 0 aliphatic carbocycles. The molecule has 0 aromatic heterocycles. The minimum Gasteiger partial charge on any atom is -0.423 e. The van der Waals surface area contributed by atoms with Crippen LogP contribution in [0, 0.1) is 0 Å². The summed E-state index contributed by atoms with van der Waals surface area (Å²) in [5, 5.41) is 1.67. The fraction of sp³-hybridized carbons (Fsp3) is 0.0333. The van der Waals surface area contributed by atoms with Crippen LogP contribution in [0.3, 0.4) is 0 Å². The Hall–Kier alpha value is -4.79. The number of benzene rings is 4. The first-order chi connectivity index (χ1) is 19.2. The molecule has 10 heteroatoms. The quantitative estimate of drug-likeness (QED) is 0.121. The van der Waals surface area contributed by atoms with Gasteiger partial charge in [-0.3, -0.25) is 19.2 Å². The average Bonchev–Trinajstić information content (AvgIpc) is 3.21. The molecule has 0 saturated heterocycles. The van der Waals surface area contributed by atoms with Crippen LogP contribution in [-0.2, 0) is 0 Å². The molecule has 1 aliphatic heterocycles. The van der Waals surface area contributed by atoms with E-state index >= 15 is 0 Å². The molecule has 8 nitrogen and oxygen atoms in total. The van der Waals surface area contributed by atoms with Crippen molar-refractivity contribution in [1.29, 1.82) is 0 Å². The Morgan fingerprint density at radius 1 is 0.725 bits per heavy atom. The smallest absolute Gasteiger partial charge is 0.343 e. The number of rotatable bonds is 7. The van der Waals surface area contributed by atoms with E-state index in [0.717, 1.165) is 5.01 Å². The minimum atomic E-state index is -0.849. The Morgan fingerprint density at radius 2 is 1.32 bits per heavy atom. The number of Topliss-reactive ketones (excluding diaryl/α,β-unsaturated/α-hetero) is 1. The molecule has 0 bridgehead atoms. The molecule has 3 amide bonds. The second kappa shape index (κ2) is 11.1. The van der Waals surface area contributed by atoms with Crippen molar-refractivity contribution in [3.05, 3.63) is 135 Å². The topological polar surface area (TPSA) is 101 Å². The standard InChI is InChI=1S/C30H18Cl2N2O6/c31-20-12-15-24(25(32)16-20)27(36)33(34-28(37)22-8-4-5-9-23(22)29(34)38)17-26(35)18-10-13-21(14-11-18)40-30(39)19-6-2-1-3-7-19/h1-16H,17H2. The van der Waals surface area contributed by atoms with Gasteiger partial charge in [-0.25, -0.2) is 9.80 Å². The number of hydrogen-bond acceptors (Lipinski definition) is 6. The first-order valence-corrected chi connectivity index (χ1v) is 12.7. The molecule has 0 radical (unpaired) electrons. The largest absolute Gasteiger partial charge is 0.423 e. The third-order valence-corrected chi connectivity index (χ3v) is 6.65. The van der Waals surface area contributed by atoms with E-state index in [4.69, 9.17) is 27.9 Å². The van der Waals surface area contributed by atoms with Crippen LogP contribution in [0.15, 0.2) is 97.1 Å². The molecule has 4 aromatic rings. The highest BCUT2D eigenvalue weighted by Crippen LogP contribution is 2.28. The summed E-state index contributed by atoms with van der Waals surface area (Å²) in [6.07, 6.45) is 0. The predicted octanol–water partition coefficient (Wildman–Crippen LogP) is 5.75. The van der Waals surface area contributed by atoms with Gasteiger partial charge in [0, 0.05) is 10.6 Å². The number of esters is 1. The maximum Gasteiger partial charge on any atom is 0.343 e. The van der Waals surface area contributed by atoms with Gasteiger partial charge in [0.05, 0.1) is 27.3 Å². The summed E-state index contributed by atoms with van der Waals surface area (Å²) in [7, 11) is 0. The highest BCUT2D eigenvalue weighted by Gasteiger charge is 2.42. The number of ether oxygens (including phenoxy) is 1. The van der Waals surface area contributed by atoms with Crippen LogP contribution in [0.1, 0.15) is 51.8 Å². The summed E-state index contributed by atoms with van der Waals surface area (Å²) < 4.78 is 5.34. The van der Waals surface area contributed by atoms with Crippen molar-refractivity contribution in [2.24, 2.45) is 0 Å². The number of ketones is 1. The number of amides is 3. The molecule has 4 aromatic carbocycles. The van der Waals surface area contributed by atoms with E-state index in [1.807, 2.05) is 0 Å². The third kappa shape index (κ3) is 5.22. The number of nitrogens with zero attached hydrogens (tertiary/aromatic N) is 2. The Morgan fingerprint density at radius 3 is 1.93 bits per heavy atom. The van der Waals surface area contributed by atoms with E-state index in [1.165, 1.54) is 54.6 Å². The number of carbonyl (C=O) groups is 5. The number of imide groups is 1. The molecular weight excluding hydrogens is 555 g/mol. The van der Waals surface area contributed by atoms with Crippen LogP contribution in [-0.4, -0.2) is 46.0 Å². The second-order valence-corrected chi connectivity index (χ2v) is 9.50. The lowest BCUT2D eigenvalue weighted by molar-refractivity contribution is 0.00531. The molecule has 0 unspecified atom stereocenters. The van der Waals surface area contributed by atoms with Gasteiger partial charge >= 0.3 is 5.97 Å². The van der Waals surface area contributed by atoms with Crippen LogP contribution >= 0.6 is 23.2 Å². The second-order valence-electron chi connectivity index (χ2n) is 8.66. The van der Waals surface area contributed by atoms with Crippen molar-refractivity contribution >= 4 is 52.7 Å². The van der Waals surface area contributed by atoms with Gasteiger partial charge in [-0.05, 0) is 66.7 Å². The zero-order valence-electron chi connectivity index (χ0n) is 20.5. The molecule has 0 saturated carbocycles. The average molecular weight is 573 g/mol. The fourth-order valence-electron chi connectivity index (χ4n) is 4.11. The zero-order valence-corrected chi connectivity index (χ0v) is 22.1. The molecule has 198 valence electrons. The third-order valence-electron chi connectivity index (χ3n) is 6.10. The van der Waals surface area contributed by atoms with Gasteiger partial charge in [-0.2, -0.15) is 5.01 Å². The summed E-state index contributed by atoms with van der Waals surface area (Å²) in [5.74, 6) is -3.31. The predicted molar refractivity (Wildman–Crippen MR) is 147 cm³/mol. The van der Waals surface area contributed by atoms with Gasteiger partial charge in [-0.15, -0.1) is 0 Å². The molecular formula is C30H18Cl2N2O6. The van der Waals surface area contributed by atoms with E-state index in [9.17, 15) is 24.0 Å². The fourth-order valence-corrected chi connectivity index (χ4v) is 4.60. The molecule has 0 fully saturated rings. The summed E-state index contributed by atoms with van der Waals surface area (Å²) in [4.78, 5) is 65.7. The Labute approximate surface area is 238 Å². The lowest BCUT2D eigenvalue weighted by Gasteiger charge is -2.29. The van der Waals surface area contributed by atoms with Crippen LogP contribution < -0.4 is 4.74 Å². The lowest BCUT2D eigenvalue weighted by atomic mass is 10.1. The number of halogens is 2. The molecule has 40 heavy (non-hydrogen) atoms. The van der Waals surface area contributed by atoms with Crippen molar-refractivity contribution in [3.8, 4) is 5.75 Å². The highest BCUT2D eigenvalue weighted by atomic mass is 35.5. The van der Waals surface area contributed by atoms with E-state index in [2.05, 4.69) is 0 Å². The van der Waals surface area contributed by atoms with E-state index in [1.54, 1.807) is 42.5 Å². The van der Waals surface area contributed by atoms with Crippen LogP contribution in [0.5, 0.6) is 5.75 Å². The summed E-state index contributed by atoms with van der Waals surface area (Å²) >= 11 is 12.2. The monoisotopic (exact) mass is 572 g/mol. The van der Waals surface area contributed by atoms with Crippen LogP contribution in [0.25, 0.3) is 0 Å². The number of carbonyl (C=O) groups excluding carboxylic acids is 5. The summed E-state index contributed by atoms with van der Waals surface area (Å²) in [6.45, 7) is -0.660. The van der Waals surface area contributed by atoms with Crippen molar-refractivity contribution in [1.82, 2.24) is 10.0 Å². The maximum absolute atomic E-state index is 13.6. The molecule has 1 aliphatic rings. The van der Waals surface area contributed by atoms with Crippen molar-refractivity contribution in [3.63, 3.8) is 0 Å². The summed E-state index contributed by atoms with van der Waals surface area (Å²) in [5.41, 5.74) is 0.655. The zero-order chi connectivity index (χ0) is 28.4. The molecule has 1 heterocycles. The van der Waals surface area contributed by atoms with Gasteiger partial charge in [0.1, 0.15) is 12.3 Å². The van der Waals surface area contributed by atoms with Crippen LogP contribution in [0.2, 0.25) is 10.0 Å². The van der Waals surface area contributed by atoms with Gasteiger partial charge in [-0.1, -0.05) is 53.5 Å². The molecule has 0 atom stereocenters. The van der Waals surface area contributed by atoms with Gasteiger partial charge < -0.3 is 4.74 Å². The van der Waals surface area contributed by atoms with Crippen molar-refractivity contribution < 1.29 is 28.7 Å². The molecule has 0 spiro atoms. The highest BCUT2D eigenvalue weighted by molar-refractivity contribution is 6.37. The van der Waals surface area contributed by atoms with Gasteiger partial charge in [0.2, 0.25) is 0 Å². The molecule has 0 N–H and O–H groups in total. The lowest BCUT2D eigenvalue weighted by Crippen LogP contribution is -2.51. The van der Waals surface area contributed by atoms with Gasteiger partial charge in [0.25, 0.3) is 17.7 Å². The first kappa shape index (κ1) is 26.8. The molecule has 5 rings (SSSR count). The minimum absolute atomic E-state index is 0.0175. The first-order valence-electron chi connectivity index (χ1n) is 11.9. The number of hydrogen-bond donors (Lipinski definition) is 0. The Bertz CT molecular complexity index is 1640. The number of hydrazine groups is 1. The van der Waals surface area contributed by atoms with E-state index < -0.39 is 36.0 Å². The SMILES string of the molecule is O=C(CN(C(=O)c1ccc(Cl)cc1Cl)N1C(=O)c2ccccc2C1=O)c1ccc(OC(=O)c2ccccc2)cc1. The number of fused-ring (bicyclic) bond motifs is 1. The summed E-state index contributed by atoms with van der Waals surface area (Å²) in [6, 6.07) is 24.3. The Balaban J connectivity index is 1.42. The van der Waals surface area contributed by atoms with Crippen LogP contribution in [0.4, 0.5) is 0 Å². The van der Waals surface area contributed by atoms with Crippen molar-refractivity contribution in [2.75, 3.05) is 6.54 Å². The van der Waals surface area contributed by atoms with Gasteiger partial charge in [0.15, 0.2) is 5.78 Å². The normalized spacial score (nSPS) is 12.2. The maximum atomic E-state index is 13.6.